The van der Waals surface area contributed by atoms with Crippen molar-refractivity contribution in [3.63, 3.8) is 0 Å². The molecule has 1 atom stereocenters. The number of β-amino-alcohol motifs (C(OH)–C–C–N with tert-alkyl or cyclic N) is 1. The normalized spacial score (nSPS) is 28.4. The van der Waals surface area contributed by atoms with Gasteiger partial charge in [0.2, 0.25) is 0 Å². The van der Waals surface area contributed by atoms with Crippen LogP contribution >= 0.6 is 0 Å². The van der Waals surface area contributed by atoms with Gasteiger partial charge in [0.25, 0.3) is 0 Å². The lowest BCUT2D eigenvalue weighted by Crippen LogP contribution is -2.30. The Morgan fingerprint density at radius 3 is 2.85 bits per heavy atom. The lowest BCUT2D eigenvalue weighted by molar-refractivity contribution is 0.0838. The summed E-state index contributed by atoms with van der Waals surface area (Å²) < 4.78 is 1.72. The molecule has 13 heavy (non-hydrogen) atoms. The maximum Gasteiger partial charge on any atom is 0.147 e. The Kier molecular flexibility index (Phi) is 1.76. The van der Waals surface area contributed by atoms with Crippen LogP contribution in [0.4, 0.5) is 5.82 Å². The van der Waals surface area contributed by atoms with Gasteiger partial charge in [-0.05, 0) is 13.3 Å². The molecule has 1 aromatic rings. The summed E-state index contributed by atoms with van der Waals surface area (Å²) in [5, 5.41) is 17.4. The summed E-state index contributed by atoms with van der Waals surface area (Å²) in [7, 11) is 1.86. The van der Waals surface area contributed by atoms with Crippen LogP contribution in [0, 0.1) is 0 Å². The second-order valence-electron chi connectivity index (χ2n) is 3.88. The standard InChI is InChI=1S/C8H14N4O/c1-8(13)3-4-12(6-8)7-5-9-10-11(7)2/h5,13H,3-4,6H2,1-2H3. The van der Waals surface area contributed by atoms with Gasteiger partial charge in [-0.3, -0.25) is 0 Å². The summed E-state index contributed by atoms with van der Waals surface area (Å²) in [6.07, 6.45) is 2.53. The van der Waals surface area contributed by atoms with Crippen LogP contribution in [0.25, 0.3) is 0 Å². The first-order valence-corrected chi connectivity index (χ1v) is 4.40. The average Bonchev–Trinajstić information content (AvgIpc) is 2.56. The highest BCUT2D eigenvalue weighted by molar-refractivity contribution is 5.38. The number of aryl methyl sites for hydroxylation is 1. The molecule has 1 aromatic heterocycles. The quantitative estimate of drug-likeness (QED) is 0.652. The van der Waals surface area contributed by atoms with Crippen molar-refractivity contribution in [1.29, 1.82) is 0 Å². The van der Waals surface area contributed by atoms with Crippen LogP contribution in [0.2, 0.25) is 0 Å². The van der Waals surface area contributed by atoms with Gasteiger partial charge in [0.05, 0.1) is 11.8 Å². The molecule has 5 nitrogen and oxygen atoms in total. The van der Waals surface area contributed by atoms with E-state index < -0.39 is 5.60 Å². The van der Waals surface area contributed by atoms with Crippen LogP contribution in [-0.4, -0.2) is 38.8 Å². The summed E-state index contributed by atoms with van der Waals surface area (Å²) in [5.74, 6) is 0.970. The number of hydrogen-bond acceptors (Lipinski definition) is 4. The molecule has 2 heterocycles. The van der Waals surface area contributed by atoms with Gasteiger partial charge in [-0.15, -0.1) is 5.10 Å². The van der Waals surface area contributed by atoms with Crippen LogP contribution < -0.4 is 4.90 Å². The minimum Gasteiger partial charge on any atom is -0.388 e. The number of rotatable bonds is 1. The van der Waals surface area contributed by atoms with Crippen molar-refractivity contribution in [2.45, 2.75) is 18.9 Å². The first-order chi connectivity index (χ1) is 6.08. The molecule has 1 saturated heterocycles. The smallest absolute Gasteiger partial charge is 0.147 e. The Morgan fingerprint density at radius 1 is 1.62 bits per heavy atom. The molecular weight excluding hydrogens is 168 g/mol. The fraction of sp³-hybridized carbons (Fsp3) is 0.750. The van der Waals surface area contributed by atoms with Gasteiger partial charge >= 0.3 is 0 Å². The van der Waals surface area contributed by atoms with E-state index in [2.05, 4.69) is 15.2 Å². The molecule has 0 amide bonds. The number of nitrogens with zero attached hydrogens (tertiary/aromatic N) is 4. The van der Waals surface area contributed by atoms with E-state index in [1.54, 1.807) is 10.9 Å². The summed E-state index contributed by atoms with van der Waals surface area (Å²) in [6.45, 7) is 3.39. The Bertz CT molecular complexity index is 307. The van der Waals surface area contributed by atoms with Gasteiger partial charge in [-0.25, -0.2) is 4.68 Å². The van der Waals surface area contributed by atoms with Crippen LogP contribution in [0.15, 0.2) is 6.20 Å². The first-order valence-electron chi connectivity index (χ1n) is 4.40. The van der Waals surface area contributed by atoms with Crippen molar-refractivity contribution < 1.29 is 5.11 Å². The van der Waals surface area contributed by atoms with Crippen molar-refractivity contribution in [3.05, 3.63) is 6.20 Å². The molecule has 0 radical (unpaired) electrons. The molecule has 1 aliphatic heterocycles. The average molecular weight is 182 g/mol. The third-order valence-electron chi connectivity index (χ3n) is 2.47. The van der Waals surface area contributed by atoms with E-state index in [0.29, 0.717) is 6.54 Å². The highest BCUT2D eigenvalue weighted by Crippen LogP contribution is 2.24. The van der Waals surface area contributed by atoms with E-state index in [0.717, 1.165) is 18.8 Å². The minimum absolute atomic E-state index is 0.565. The minimum atomic E-state index is -0.565. The van der Waals surface area contributed by atoms with E-state index >= 15 is 0 Å². The molecule has 0 aromatic carbocycles. The molecular formula is C8H14N4O. The Labute approximate surface area is 77.0 Å². The van der Waals surface area contributed by atoms with E-state index in [9.17, 15) is 5.11 Å². The molecule has 1 unspecified atom stereocenters. The maximum atomic E-state index is 9.76. The SMILES string of the molecule is Cn1nncc1N1CCC(C)(O)C1. The predicted molar refractivity (Wildman–Crippen MR) is 48.5 cm³/mol. The van der Waals surface area contributed by atoms with Gasteiger partial charge < -0.3 is 10.0 Å². The molecule has 1 N–H and O–H groups in total. The largest absolute Gasteiger partial charge is 0.388 e. The molecule has 0 saturated carbocycles. The summed E-state index contributed by atoms with van der Waals surface area (Å²) in [5.41, 5.74) is -0.565. The van der Waals surface area contributed by atoms with Crippen molar-refractivity contribution in [1.82, 2.24) is 15.0 Å². The van der Waals surface area contributed by atoms with Gasteiger partial charge in [0.15, 0.2) is 0 Å². The third-order valence-corrected chi connectivity index (χ3v) is 2.47. The first kappa shape index (κ1) is 8.50. The fourth-order valence-electron chi connectivity index (χ4n) is 1.71. The zero-order valence-electron chi connectivity index (χ0n) is 7.93. The van der Waals surface area contributed by atoms with Crippen molar-refractivity contribution >= 4 is 5.82 Å². The second-order valence-corrected chi connectivity index (χ2v) is 3.88. The zero-order valence-corrected chi connectivity index (χ0v) is 7.93. The topological polar surface area (TPSA) is 54.2 Å². The number of aromatic nitrogens is 3. The molecule has 0 spiro atoms. The highest BCUT2D eigenvalue weighted by atomic mass is 16.3. The zero-order chi connectivity index (χ0) is 9.47. The summed E-state index contributed by atoms with van der Waals surface area (Å²) >= 11 is 0. The van der Waals surface area contributed by atoms with E-state index in [1.165, 1.54) is 0 Å². The Hall–Kier alpha value is -1.10. The van der Waals surface area contributed by atoms with E-state index in [-0.39, 0.29) is 0 Å². The highest BCUT2D eigenvalue weighted by Gasteiger charge is 2.32. The number of hydrogen-bond donors (Lipinski definition) is 1. The molecule has 2 rings (SSSR count). The van der Waals surface area contributed by atoms with Crippen molar-refractivity contribution in [3.8, 4) is 0 Å². The van der Waals surface area contributed by atoms with Crippen LogP contribution in [0.5, 0.6) is 0 Å². The lowest BCUT2D eigenvalue weighted by atomic mass is 10.1. The molecule has 1 aliphatic rings. The van der Waals surface area contributed by atoms with E-state index in [4.69, 9.17) is 0 Å². The van der Waals surface area contributed by atoms with Crippen molar-refractivity contribution in [2.75, 3.05) is 18.0 Å². The molecule has 0 aliphatic carbocycles. The number of aliphatic hydroxyl groups is 1. The van der Waals surface area contributed by atoms with E-state index in [1.807, 2.05) is 14.0 Å². The predicted octanol–water partition coefficient (Wildman–Crippen LogP) is -0.224. The van der Waals surface area contributed by atoms with Crippen LogP contribution in [-0.2, 0) is 7.05 Å². The van der Waals surface area contributed by atoms with Crippen LogP contribution in [0.1, 0.15) is 13.3 Å². The van der Waals surface area contributed by atoms with Gasteiger partial charge in [0.1, 0.15) is 5.82 Å². The van der Waals surface area contributed by atoms with Gasteiger partial charge in [-0.2, -0.15) is 0 Å². The maximum absolute atomic E-state index is 9.76. The molecule has 0 bridgehead atoms. The van der Waals surface area contributed by atoms with Crippen LogP contribution in [0.3, 0.4) is 0 Å². The Morgan fingerprint density at radius 2 is 2.38 bits per heavy atom. The fourth-order valence-corrected chi connectivity index (χ4v) is 1.71. The van der Waals surface area contributed by atoms with Crippen molar-refractivity contribution in [2.24, 2.45) is 7.05 Å². The van der Waals surface area contributed by atoms with Gasteiger partial charge in [0, 0.05) is 20.1 Å². The molecule has 1 fully saturated rings. The second kappa shape index (κ2) is 2.70. The summed E-state index contributed by atoms with van der Waals surface area (Å²) in [4.78, 5) is 2.10. The monoisotopic (exact) mass is 182 g/mol. The summed E-state index contributed by atoms with van der Waals surface area (Å²) in [6, 6.07) is 0. The lowest BCUT2D eigenvalue weighted by Gasteiger charge is -2.19. The number of anilines is 1. The molecule has 5 heteroatoms. The Balaban J connectivity index is 2.17. The van der Waals surface area contributed by atoms with Gasteiger partial charge in [-0.1, -0.05) is 5.21 Å². The third kappa shape index (κ3) is 1.51. The molecule has 72 valence electrons.